The van der Waals surface area contributed by atoms with Gasteiger partial charge in [-0.1, -0.05) is 18.2 Å². The minimum atomic E-state index is -0.585. The molecule has 8 heteroatoms. The van der Waals surface area contributed by atoms with Gasteiger partial charge in [-0.25, -0.2) is 4.79 Å². The van der Waals surface area contributed by atoms with E-state index in [1.165, 1.54) is 0 Å². The lowest BCUT2D eigenvalue weighted by atomic mass is 10.2. The molecule has 0 aliphatic heterocycles. The van der Waals surface area contributed by atoms with Crippen molar-refractivity contribution in [2.45, 2.75) is 52.6 Å². The summed E-state index contributed by atoms with van der Waals surface area (Å²) in [5.74, 6) is 0.487. The predicted molar refractivity (Wildman–Crippen MR) is 128 cm³/mol. The van der Waals surface area contributed by atoms with Gasteiger partial charge in [-0.05, 0) is 70.0 Å². The summed E-state index contributed by atoms with van der Waals surface area (Å²) in [6, 6.07) is 14.6. The summed E-state index contributed by atoms with van der Waals surface area (Å²) in [5, 5.41) is 8.12. The first-order valence-corrected chi connectivity index (χ1v) is 11.0. The molecule has 0 fully saturated rings. The number of para-hydroxylation sites is 1. The summed E-state index contributed by atoms with van der Waals surface area (Å²) >= 11 is 0. The number of hydrogen-bond donors (Lipinski definition) is 3. The van der Waals surface area contributed by atoms with Crippen LogP contribution in [0.1, 0.15) is 45.6 Å². The number of nitrogens with one attached hydrogen (secondary N) is 3. The number of ether oxygens (including phenoxy) is 2. The van der Waals surface area contributed by atoms with Gasteiger partial charge in [0.15, 0.2) is 0 Å². The van der Waals surface area contributed by atoms with E-state index < -0.39 is 11.7 Å². The summed E-state index contributed by atoms with van der Waals surface area (Å²) in [7, 11) is 0. The molecule has 0 bridgehead atoms. The fraction of sp³-hybridized carbons (Fsp3) is 0.400. The van der Waals surface area contributed by atoms with Crippen molar-refractivity contribution in [2.75, 3.05) is 23.8 Å². The summed E-state index contributed by atoms with van der Waals surface area (Å²) in [5.41, 5.74) is 1.72. The normalized spacial score (nSPS) is 10.8. The van der Waals surface area contributed by atoms with E-state index in [1.807, 2.05) is 31.2 Å². The van der Waals surface area contributed by atoms with Crippen molar-refractivity contribution in [3.63, 3.8) is 0 Å². The molecule has 0 atom stereocenters. The van der Waals surface area contributed by atoms with E-state index in [1.54, 1.807) is 45.0 Å². The number of amides is 3. The van der Waals surface area contributed by atoms with Gasteiger partial charge in [0.1, 0.15) is 11.4 Å². The van der Waals surface area contributed by atoms with Gasteiger partial charge in [0.05, 0.1) is 6.61 Å². The summed E-state index contributed by atoms with van der Waals surface area (Å²) in [6.45, 7) is 7.93. The van der Waals surface area contributed by atoms with Gasteiger partial charge >= 0.3 is 6.09 Å². The van der Waals surface area contributed by atoms with Crippen LogP contribution in [0.25, 0.3) is 0 Å². The monoisotopic (exact) mass is 455 g/mol. The summed E-state index contributed by atoms with van der Waals surface area (Å²) in [6.07, 6.45) is 0.500. The zero-order valence-electron chi connectivity index (χ0n) is 19.7. The van der Waals surface area contributed by atoms with Crippen LogP contribution in [0, 0.1) is 6.92 Å². The van der Waals surface area contributed by atoms with Crippen molar-refractivity contribution >= 4 is 29.3 Å². The van der Waals surface area contributed by atoms with E-state index in [4.69, 9.17) is 9.47 Å². The molecule has 0 unspecified atom stereocenters. The molecule has 0 saturated heterocycles. The lowest BCUT2D eigenvalue weighted by Crippen LogP contribution is -2.34. The fourth-order valence-electron chi connectivity index (χ4n) is 2.81. The Labute approximate surface area is 195 Å². The maximum atomic E-state index is 12.1. The molecule has 8 nitrogen and oxygen atoms in total. The Bertz CT molecular complexity index is 936. The Hall–Kier alpha value is -3.55. The molecule has 0 radical (unpaired) electrons. The molecule has 178 valence electrons. The van der Waals surface area contributed by atoms with Gasteiger partial charge < -0.3 is 25.4 Å². The molecule has 0 aliphatic carbocycles. The van der Waals surface area contributed by atoms with Crippen molar-refractivity contribution in [2.24, 2.45) is 0 Å². The molecule has 2 rings (SSSR count). The largest absolute Gasteiger partial charge is 0.493 e. The maximum absolute atomic E-state index is 12.1. The van der Waals surface area contributed by atoms with Crippen molar-refractivity contribution < 1.29 is 23.9 Å². The highest BCUT2D eigenvalue weighted by Gasteiger charge is 2.16. The highest BCUT2D eigenvalue weighted by atomic mass is 16.6. The molecular weight excluding hydrogens is 422 g/mol. The minimum Gasteiger partial charge on any atom is -0.493 e. The second-order valence-corrected chi connectivity index (χ2v) is 8.57. The SMILES string of the molecule is Cc1ccccc1OCCCC(=O)Nc1ccc(NC(=O)CCNC(=O)OC(C)(C)C)cc1. The number of benzene rings is 2. The Morgan fingerprint density at radius 3 is 2.00 bits per heavy atom. The van der Waals surface area contributed by atoms with Gasteiger partial charge in [0.25, 0.3) is 0 Å². The Morgan fingerprint density at radius 2 is 1.42 bits per heavy atom. The molecule has 3 N–H and O–H groups in total. The Morgan fingerprint density at radius 1 is 0.848 bits per heavy atom. The van der Waals surface area contributed by atoms with Crippen LogP contribution >= 0.6 is 0 Å². The second kappa shape index (κ2) is 12.5. The average molecular weight is 456 g/mol. The zero-order chi connectivity index (χ0) is 24.3. The van der Waals surface area contributed by atoms with E-state index in [2.05, 4.69) is 16.0 Å². The highest BCUT2D eigenvalue weighted by Crippen LogP contribution is 2.17. The highest BCUT2D eigenvalue weighted by molar-refractivity contribution is 5.93. The molecule has 33 heavy (non-hydrogen) atoms. The Kier molecular flexibility index (Phi) is 9.72. The standard InChI is InChI=1S/C25H33N3O5/c1-18-8-5-6-9-21(18)32-17-7-10-22(29)27-19-11-13-20(14-12-19)28-23(30)15-16-26-24(31)33-25(2,3)4/h5-6,8-9,11-14H,7,10,15-17H2,1-4H3,(H,26,31)(H,27,29)(H,28,30). The van der Waals surface area contributed by atoms with Crippen molar-refractivity contribution in [3.05, 3.63) is 54.1 Å². The second-order valence-electron chi connectivity index (χ2n) is 8.57. The van der Waals surface area contributed by atoms with Crippen LogP contribution in [0.15, 0.2) is 48.5 Å². The minimum absolute atomic E-state index is 0.103. The first-order chi connectivity index (χ1) is 15.6. The average Bonchev–Trinajstić information content (AvgIpc) is 2.72. The number of carbonyl (C=O) groups is 3. The molecule has 0 heterocycles. The van der Waals surface area contributed by atoms with Crippen LogP contribution in [0.3, 0.4) is 0 Å². The van der Waals surface area contributed by atoms with Crippen LogP contribution in [-0.4, -0.2) is 36.7 Å². The Balaban J connectivity index is 1.65. The number of rotatable bonds is 10. The fourth-order valence-corrected chi connectivity index (χ4v) is 2.81. The van der Waals surface area contributed by atoms with Crippen molar-refractivity contribution in [1.29, 1.82) is 0 Å². The van der Waals surface area contributed by atoms with Gasteiger partial charge in [-0.3, -0.25) is 9.59 Å². The van der Waals surface area contributed by atoms with Crippen LogP contribution in [-0.2, 0) is 14.3 Å². The number of anilines is 2. The molecule has 2 aromatic carbocycles. The summed E-state index contributed by atoms with van der Waals surface area (Å²) in [4.78, 5) is 35.7. The van der Waals surface area contributed by atoms with Crippen LogP contribution in [0.4, 0.5) is 16.2 Å². The third kappa shape index (κ3) is 10.5. The van der Waals surface area contributed by atoms with Crippen LogP contribution < -0.4 is 20.7 Å². The van der Waals surface area contributed by atoms with E-state index in [0.29, 0.717) is 30.8 Å². The quantitative estimate of drug-likeness (QED) is 0.453. The zero-order valence-corrected chi connectivity index (χ0v) is 19.7. The predicted octanol–water partition coefficient (Wildman–Crippen LogP) is 4.65. The number of hydrogen-bond acceptors (Lipinski definition) is 5. The van der Waals surface area contributed by atoms with Crippen molar-refractivity contribution in [1.82, 2.24) is 5.32 Å². The molecular formula is C25H33N3O5. The number of aryl methyl sites for hydroxylation is 1. The molecule has 0 spiro atoms. The van der Waals surface area contributed by atoms with E-state index in [-0.39, 0.29) is 24.8 Å². The van der Waals surface area contributed by atoms with Crippen LogP contribution in [0.5, 0.6) is 5.75 Å². The third-order valence-corrected chi connectivity index (χ3v) is 4.37. The number of carbonyl (C=O) groups excluding carboxylic acids is 3. The molecule has 3 amide bonds. The first kappa shape index (κ1) is 25.7. The van der Waals surface area contributed by atoms with Crippen molar-refractivity contribution in [3.8, 4) is 5.75 Å². The number of alkyl carbamates (subject to hydrolysis) is 1. The smallest absolute Gasteiger partial charge is 0.407 e. The van der Waals surface area contributed by atoms with E-state index in [0.717, 1.165) is 11.3 Å². The van der Waals surface area contributed by atoms with E-state index >= 15 is 0 Å². The lowest BCUT2D eigenvalue weighted by Gasteiger charge is -2.19. The summed E-state index contributed by atoms with van der Waals surface area (Å²) < 4.78 is 10.8. The first-order valence-electron chi connectivity index (χ1n) is 11.0. The molecule has 0 aliphatic rings. The lowest BCUT2D eigenvalue weighted by molar-refractivity contribution is -0.117. The van der Waals surface area contributed by atoms with Gasteiger partial charge in [-0.15, -0.1) is 0 Å². The molecule has 0 aromatic heterocycles. The molecule has 0 saturated carbocycles. The van der Waals surface area contributed by atoms with Crippen LogP contribution in [0.2, 0.25) is 0 Å². The van der Waals surface area contributed by atoms with Gasteiger partial charge in [0, 0.05) is 30.8 Å². The third-order valence-electron chi connectivity index (χ3n) is 4.37. The van der Waals surface area contributed by atoms with E-state index in [9.17, 15) is 14.4 Å². The maximum Gasteiger partial charge on any atom is 0.407 e. The topological polar surface area (TPSA) is 106 Å². The van der Waals surface area contributed by atoms with Gasteiger partial charge in [0.2, 0.25) is 11.8 Å². The molecule has 2 aromatic rings. The van der Waals surface area contributed by atoms with Gasteiger partial charge in [-0.2, -0.15) is 0 Å².